The molecule has 0 aliphatic carbocycles. The number of rotatable bonds is 7. The molecule has 5 nitrogen and oxygen atoms in total. The smallest absolute Gasteiger partial charge is 0.279 e. The van der Waals surface area contributed by atoms with Gasteiger partial charge in [0.05, 0.1) is 0 Å². The van der Waals surface area contributed by atoms with E-state index < -0.39 is 10.2 Å². The molecule has 1 fully saturated rings. The fraction of sp³-hybridized carbons (Fsp3) is 1.00. The third kappa shape index (κ3) is 4.19. The molecule has 0 saturated carbocycles. The van der Waals surface area contributed by atoms with Gasteiger partial charge in [-0.25, -0.2) is 4.72 Å². The Balaban J connectivity index is 2.61. The van der Waals surface area contributed by atoms with Gasteiger partial charge in [0, 0.05) is 25.7 Å². The van der Waals surface area contributed by atoms with E-state index in [1.165, 1.54) is 0 Å². The third-order valence-corrected chi connectivity index (χ3v) is 5.49. The van der Waals surface area contributed by atoms with Gasteiger partial charge in [0.2, 0.25) is 0 Å². The zero-order valence-electron chi connectivity index (χ0n) is 11.6. The van der Waals surface area contributed by atoms with E-state index in [0.29, 0.717) is 25.6 Å². The highest BCUT2D eigenvalue weighted by Gasteiger charge is 2.31. The molecular formula is C12H27N3O2S. The summed E-state index contributed by atoms with van der Waals surface area (Å²) < 4.78 is 28.8. The summed E-state index contributed by atoms with van der Waals surface area (Å²) in [7, 11) is -3.36. The molecule has 1 unspecified atom stereocenters. The highest BCUT2D eigenvalue weighted by molar-refractivity contribution is 7.87. The van der Waals surface area contributed by atoms with Crippen molar-refractivity contribution in [3.8, 4) is 0 Å². The average molecular weight is 277 g/mol. The van der Waals surface area contributed by atoms with Gasteiger partial charge in [0.25, 0.3) is 10.2 Å². The van der Waals surface area contributed by atoms with Gasteiger partial charge in [-0.15, -0.1) is 0 Å². The van der Waals surface area contributed by atoms with E-state index >= 15 is 0 Å². The van der Waals surface area contributed by atoms with Crippen LogP contribution in [-0.2, 0) is 10.2 Å². The largest absolute Gasteiger partial charge is 0.329 e. The molecule has 0 amide bonds. The van der Waals surface area contributed by atoms with Crippen molar-refractivity contribution in [3.63, 3.8) is 0 Å². The molecule has 1 heterocycles. The Morgan fingerprint density at radius 3 is 2.56 bits per heavy atom. The predicted octanol–water partition coefficient (Wildman–Crippen LogP) is 1.07. The Morgan fingerprint density at radius 2 is 2.00 bits per heavy atom. The summed E-state index contributed by atoms with van der Waals surface area (Å²) in [6.45, 7) is 5.72. The first-order valence-electron chi connectivity index (χ1n) is 7.01. The number of hydrogen-bond acceptors (Lipinski definition) is 3. The van der Waals surface area contributed by atoms with Crippen LogP contribution >= 0.6 is 0 Å². The van der Waals surface area contributed by atoms with E-state index in [4.69, 9.17) is 5.73 Å². The first-order chi connectivity index (χ1) is 8.55. The van der Waals surface area contributed by atoms with E-state index in [9.17, 15) is 8.42 Å². The van der Waals surface area contributed by atoms with Crippen LogP contribution in [0.1, 0.15) is 46.0 Å². The molecule has 0 spiro atoms. The van der Waals surface area contributed by atoms with Gasteiger partial charge in [-0.2, -0.15) is 12.7 Å². The van der Waals surface area contributed by atoms with Gasteiger partial charge < -0.3 is 5.73 Å². The van der Waals surface area contributed by atoms with E-state index in [-0.39, 0.29) is 6.04 Å². The normalized spacial score (nSPS) is 22.6. The minimum atomic E-state index is -3.36. The van der Waals surface area contributed by atoms with Crippen LogP contribution in [0, 0.1) is 5.92 Å². The van der Waals surface area contributed by atoms with E-state index in [1.807, 2.05) is 0 Å². The molecule has 1 aliphatic rings. The zero-order chi connectivity index (χ0) is 13.6. The van der Waals surface area contributed by atoms with Crippen molar-refractivity contribution >= 4 is 10.2 Å². The third-order valence-electron chi connectivity index (χ3n) is 3.86. The molecule has 1 rings (SSSR count). The van der Waals surface area contributed by atoms with Crippen molar-refractivity contribution in [1.29, 1.82) is 0 Å². The molecule has 1 atom stereocenters. The highest BCUT2D eigenvalue weighted by atomic mass is 32.2. The lowest BCUT2D eigenvalue weighted by atomic mass is 10.0. The van der Waals surface area contributed by atoms with Gasteiger partial charge >= 0.3 is 0 Å². The van der Waals surface area contributed by atoms with Crippen molar-refractivity contribution in [2.24, 2.45) is 11.7 Å². The zero-order valence-corrected chi connectivity index (χ0v) is 12.4. The van der Waals surface area contributed by atoms with Crippen molar-refractivity contribution in [1.82, 2.24) is 9.03 Å². The number of nitrogens with one attached hydrogen (secondary N) is 1. The Morgan fingerprint density at radius 1 is 1.33 bits per heavy atom. The maximum Gasteiger partial charge on any atom is 0.279 e. The second kappa shape index (κ2) is 7.43. The molecule has 1 saturated heterocycles. The van der Waals surface area contributed by atoms with Crippen LogP contribution in [0.3, 0.4) is 0 Å². The van der Waals surface area contributed by atoms with Crippen LogP contribution in [0.15, 0.2) is 0 Å². The molecule has 1 aliphatic heterocycles. The number of nitrogens with zero attached hydrogens (tertiary/aromatic N) is 1. The van der Waals surface area contributed by atoms with Gasteiger partial charge in [-0.05, 0) is 18.8 Å². The lowest BCUT2D eigenvalue weighted by Crippen LogP contribution is -2.52. The van der Waals surface area contributed by atoms with Crippen molar-refractivity contribution in [3.05, 3.63) is 0 Å². The fourth-order valence-corrected chi connectivity index (χ4v) is 3.98. The van der Waals surface area contributed by atoms with Crippen LogP contribution in [0.2, 0.25) is 0 Å². The summed E-state index contributed by atoms with van der Waals surface area (Å²) in [5.74, 6) is 0.417. The van der Waals surface area contributed by atoms with Crippen LogP contribution in [0.4, 0.5) is 0 Å². The number of nitrogens with two attached hydrogens (primary N) is 1. The summed E-state index contributed by atoms with van der Waals surface area (Å²) in [5.41, 5.74) is 5.66. The molecule has 3 N–H and O–H groups in total. The Bertz CT molecular complexity index is 328. The topological polar surface area (TPSA) is 75.4 Å². The Kier molecular flexibility index (Phi) is 6.55. The van der Waals surface area contributed by atoms with Gasteiger partial charge in [-0.1, -0.05) is 33.1 Å². The van der Waals surface area contributed by atoms with Crippen molar-refractivity contribution in [2.45, 2.75) is 52.0 Å². The van der Waals surface area contributed by atoms with Gasteiger partial charge in [0.15, 0.2) is 0 Å². The number of hydrogen-bond donors (Lipinski definition) is 2. The van der Waals surface area contributed by atoms with Gasteiger partial charge in [0.1, 0.15) is 0 Å². The van der Waals surface area contributed by atoms with Crippen LogP contribution in [-0.4, -0.2) is 38.4 Å². The first kappa shape index (κ1) is 15.9. The maximum atomic E-state index is 12.3. The summed E-state index contributed by atoms with van der Waals surface area (Å²) in [4.78, 5) is 0. The molecule has 6 heteroatoms. The standard InChI is InChI=1S/C12H27N3O2S/c1-3-11(4-2)10-14-18(16,17)15-8-6-5-7-12(15)9-13/h11-12,14H,3-10,13H2,1-2H3. The summed E-state index contributed by atoms with van der Waals surface area (Å²) in [6, 6.07) is -0.0297. The van der Waals surface area contributed by atoms with E-state index in [1.54, 1.807) is 4.31 Å². The monoisotopic (exact) mass is 277 g/mol. The molecule has 0 aromatic heterocycles. The predicted molar refractivity (Wildman–Crippen MR) is 74.4 cm³/mol. The summed E-state index contributed by atoms with van der Waals surface area (Å²) in [5, 5.41) is 0. The highest BCUT2D eigenvalue weighted by Crippen LogP contribution is 2.19. The quantitative estimate of drug-likeness (QED) is 0.731. The SMILES string of the molecule is CCC(CC)CNS(=O)(=O)N1CCCCC1CN. The second-order valence-electron chi connectivity index (χ2n) is 5.03. The molecule has 0 aromatic carbocycles. The molecule has 0 bridgehead atoms. The van der Waals surface area contributed by atoms with Crippen LogP contribution in [0.5, 0.6) is 0 Å². The van der Waals surface area contributed by atoms with Gasteiger partial charge in [-0.3, -0.25) is 0 Å². The van der Waals surface area contributed by atoms with E-state index in [0.717, 1.165) is 32.1 Å². The lowest BCUT2D eigenvalue weighted by Gasteiger charge is -2.34. The number of piperidine rings is 1. The first-order valence-corrected chi connectivity index (χ1v) is 8.45. The van der Waals surface area contributed by atoms with Crippen LogP contribution in [0.25, 0.3) is 0 Å². The van der Waals surface area contributed by atoms with E-state index in [2.05, 4.69) is 18.6 Å². The molecule has 0 aromatic rings. The maximum absolute atomic E-state index is 12.3. The lowest BCUT2D eigenvalue weighted by molar-refractivity contribution is 0.253. The average Bonchev–Trinajstić information content (AvgIpc) is 2.39. The summed E-state index contributed by atoms with van der Waals surface area (Å²) >= 11 is 0. The second-order valence-corrected chi connectivity index (χ2v) is 6.74. The Hall–Kier alpha value is -0.170. The fourth-order valence-electron chi connectivity index (χ4n) is 2.41. The molecule has 108 valence electrons. The van der Waals surface area contributed by atoms with Crippen molar-refractivity contribution < 1.29 is 8.42 Å². The summed E-state index contributed by atoms with van der Waals surface area (Å²) in [6.07, 6.45) is 4.88. The molecule has 18 heavy (non-hydrogen) atoms. The van der Waals surface area contributed by atoms with Crippen molar-refractivity contribution in [2.75, 3.05) is 19.6 Å². The molecule has 0 radical (unpaired) electrons. The minimum absolute atomic E-state index is 0.0297. The molecular weight excluding hydrogens is 250 g/mol. The Labute approximate surface area is 111 Å². The van der Waals surface area contributed by atoms with Crippen LogP contribution < -0.4 is 10.5 Å². The minimum Gasteiger partial charge on any atom is -0.329 e.